The van der Waals surface area contributed by atoms with Crippen LogP contribution < -0.4 is 0 Å². The number of rotatable bonds is 0. The van der Waals surface area contributed by atoms with Crippen LogP contribution in [0.15, 0.2) is 23.3 Å². The molecule has 0 amide bonds. The standard InChI is InChI=1S/C20H28O7/c1-9-7-11(21)15(23)18(3)12(22)6-5-10(2)14(18)16(24)20-13(8-9)26-17(25)19(20,4)27-20/h5,8,11-16,21-24H,6-7H2,1-4H3/b9-8-/t11-,12-,13-,14+,15-,16-,18-,19-,20-/m0/s1. The summed E-state index contributed by atoms with van der Waals surface area (Å²) in [6, 6.07) is 0. The minimum absolute atomic E-state index is 0.163. The molecular weight excluding hydrogens is 352 g/mol. The largest absolute Gasteiger partial charge is 0.453 e. The van der Waals surface area contributed by atoms with Crippen LogP contribution in [0.1, 0.15) is 40.5 Å². The molecule has 4 aliphatic rings. The molecule has 7 nitrogen and oxygen atoms in total. The van der Waals surface area contributed by atoms with Gasteiger partial charge in [0.2, 0.25) is 0 Å². The number of aliphatic hydroxyl groups excluding tert-OH is 4. The van der Waals surface area contributed by atoms with Gasteiger partial charge in [0.05, 0.1) is 24.4 Å². The van der Waals surface area contributed by atoms with E-state index in [1.165, 1.54) is 0 Å². The number of carbonyl (C=O) groups excluding carboxylic acids is 1. The maximum Gasteiger partial charge on any atom is 0.342 e. The number of hydrogen-bond donors (Lipinski definition) is 4. The minimum atomic E-state index is -1.27. The average Bonchev–Trinajstić information content (AvgIpc) is 3.19. The van der Waals surface area contributed by atoms with Gasteiger partial charge in [0.1, 0.15) is 0 Å². The van der Waals surface area contributed by atoms with Gasteiger partial charge in [-0.1, -0.05) is 24.1 Å². The Labute approximate surface area is 158 Å². The summed E-state index contributed by atoms with van der Waals surface area (Å²) in [5.41, 5.74) is -2.25. The van der Waals surface area contributed by atoms with Gasteiger partial charge in [-0.2, -0.15) is 0 Å². The number of carbonyl (C=O) groups is 1. The van der Waals surface area contributed by atoms with Gasteiger partial charge in [0.15, 0.2) is 17.3 Å². The van der Waals surface area contributed by atoms with Crippen molar-refractivity contribution in [2.45, 2.75) is 82.3 Å². The number of ether oxygens (including phenoxy) is 2. The van der Waals surface area contributed by atoms with Gasteiger partial charge in [-0.05, 0) is 39.7 Å². The third-order valence-corrected chi connectivity index (χ3v) is 7.39. The summed E-state index contributed by atoms with van der Waals surface area (Å²) in [4.78, 5) is 12.4. The molecule has 2 aliphatic heterocycles. The predicted molar refractivity (Wildman–Crippen MR) is 94.5 cm³/mol. The van der Waals surface area contributed by atoms with Gasteiger partial charge >= 0.3 is 5.97 Å². The van der Waals surface area contributed by atoms with E-state index in [0.717, 1.165) is 5.57 Å². The van der Waals surface area contributed by atoms with E-state index in [0.29, 0.717) is 12.0 Å². The van der Waals surface area contributed by atoms with Gasteiger partial charge in [-0.25, -0.2) is 4.79 Å². The topological polar surface area (TPSA) is 120 Å². The van der Waals surface area contributed by atoms with Crippen molar-refractivity contribution >= 4 is 5.97 Å². The summed E-state index contributed by atoms with van der Waals surface area (Å²) in [6.07, 6.45) is -1.36. The van der Waals surface area contributed by atoms with E-state index in [1.807, 2.05) is 13.0 Å². The molecule has 7 heteroatoms. The maximum absolute atomic E-state index is 12.4. The predicted octanol–water partition coefficient (Wildman–Crippen LogP) is 0.206. The zero-order valence-corrected chi connectivity index (χ0v) is 16.0. The Balaban J connectivity index is 1.91. The number of esters is 1. The fourth-order valence-corrected chi connectivity index (χ4v) is 5.60. The van der Waals surface area contributed by atoms with Gasteiger partial charge in [0.25, 0.3) is 0 Å². The molecule has 0 radical (unpaired) electrons. The Kier molecular flexibility index (Phi) is 3.99. The first-order chi connectivity index (χ1) is 12.5. The van der Waals surface area contributed by atoms with Crippen molar-refractivity contribution in [1.29, 1.82) is 0 Å². The van der Waals surface area contributed by atoms with Crippen LogP contribution in [0.2, 0.25) is 0 Å². The Morgan fingerprint density at radius 1 is 1.11 bits per heavy atom. The van der Waals surface area contributed by atoms with E-state index >= 15 is 0 Å². The zero-order chi connectivity index (χ0) is 19.9. The summed E-state index contributed by atoms with van der Waals surface area (Å²) in [6.45, 7) is 6.88. The number of epoxide rings is 1. The summed E-state index contributed by atoms with van der Waals surface area (Å²) in [5, 5.41) is 44.0. The van der Waals surface area contributed by atoms with Crippen LogP contribution >= 0.6 is 0 Å². The third-order valence-electron chi connectivity index (χ3n) is 7.39. The second kappa shape index (κ2) is 5.64. The lowest BCUT2D eigenvalue weighted by atomic mass is 9.56. The van der Waals surface area contributed by atoms with E-state index in [-0.39, 0.29) is 6.42 Å². The van der Waals surface area contributed by atoms with Crippen molar-refractivity contribution in [3.8, 4) is 0 Å². The summed E-state index contributed by atoms with van der Waals surface area (Å²) < 4.78 is 11.4. The van der Waals surface area contributed by atoms with Crippen molar-refractivity contribution in [3.63, 3.8) is 0 Å². The van der Waals surface area contributed by atoms with Crippen molar-refractivity contribution in [2.24, 2.45) is 11.3 Å². The molecule has 0 aromatic carbocycles. The van der Waals surface area contributed by atoms with Crippen LogP contribution in [0.25, 0.3) is 0 Å². The summed E-state index contributed by atoms with van der Waals surface area (Å²) in [5.74, 6) is -1.24. The van der Waals surface area contributed by atoms with Gasteiger partial charge in [-0.3, -0.25) is 0 Å². The molecule has 0 unspecified atom stereocenters. The number of fused-ring (bicyclic) bond motifs is 1. The highest BCUT2D eigenvalue weighted by Gasteiger charge is 2.85. The Hall–Kier alpha value is -1.25. The Morgan fingerprint density at radius 2 is 1.78 bits per heavy atom. The highest BCUT2D eigenvalue weighted by molar-refractivity contribution is 5.88. The molecule has 0 saturated carbocycles. The van der Waals surface area contributed by atoms with Crippen LogP contribution in [0, 0.1) is 11.3 Å². The average molecular weight is 380 g/mol. The highest BCUT2D eigenvalue weighted by Crippen LogP contribution is 2.63. The molecule has 2 heterocycles. The van der Waals surface area contributed by atoms with Gasteiger partial charge in [-0.15, -0.1) is 0 Å². The van der Waals surface area contributed by atoms with Crippen LogP contribution in [-0.4, -0.2) is 68.1 Å². The molecule has 9 atom stereocenters. The molecule has 2 aliphatic carbocycles. The summed E-state index contributed by atoms with van der Waals surface area (Å²) in [7, 11) is 0. The highest BCUT2D eigenvalue weighted by atomic mass is 16.7. The SMILES string of the molecule is CC1=CC[C@H](O)[C@@]2(C)[C@H]1[C@H](O)[C@]13O[C@@]1(C)C(=O)O[C@H]3/C=C(/C)C[C@H](O)[C@@H]2O. The molecule has 150 valence electrons. The van der Waals surface area contributed by atoms with Gasteiger partial charge < -0.3 is 29.9 Å². The smallest absolute Gasteiger partial charge is 0.342 e. The fourth-order valence-electron chi connectivity index (χ4n) is 5.60. The van der Waals surface area contributed by atoms with Crippen molar-refractivity contribution < 1.29 is 34.7 Å². The number of aliphatic hydroxyl groups is 4. The Morgan fingerprint density at radius 3 is 2.41 bits per heavy atom. The maximum atomic E-state index is 12.4. The summed E-state index contributed by atoms with van der Waals surface area (Å²) >= 11 is 0. The second-order valence-electron chi connectivity index (χ2n) is 8.97. The van der Waals surface area contributed by atoms with E-state index in [1.54, 1.807) is 26.8 Å². The normalized spacial score (nSPS) is 56.7. The molecular formula is C20H28O7. The molecule has 2 saturated heterocycles. The molecule has 0 aromatic rings. The first-order valence-electron chi connectivity index (χ1n) is 9.47. The Bertz CT molecular complexity index is 745. The first-order valence-corrected chi connectivity index (χ1v) is 9.47. The first kappa shape index (κ1) is 19.1. The number of hydrogen-bond acceptors (Lipinski definition) is 7. The second-order valence-corrected chi connectivity index (χ2v) is 8.97. The van der Waals surface area contributed by atoms with E-state index < -0.39 is 59.0 Å². The molecule has 1 spiro atoms. The van der Waals surface area contributed by atoms with Crippen molar-refractivity contribution in [1.82, 2.24) is 0 Å². The molecule has 4 N–H and O–H groups in total. The fraction of sp³-hybridized carbons (Fsp3) is 0.750. The van der Waals surface area contributed by atoms with Gasteiger partial charge in [0, 0.05) is 11.3 Å². The monoisotopic (exact) mass is 380 g/mol. The quantitative estimate of drug-likeness (QED) is 0.269. The van der Waals surface area contributed by atoms with Crippen molar-refractivity contribution in [3.05, 3.63) is 23.3 Å². The lowest BCUT2D eigenvalue weighted by Crippen LogP contribution is -2.61. The third kappa shape index (κ3) is 2.17. The van der Waals surface area contributed by atoms with Crippen molar-refractivity contribution in [2.75, 3.05) is 0 Å². The molecule has 0 aromatic heterocycles. The molecule has 2 fully saturated rings. The molecule has 27 heavy (non-hydrogen) atoms. The minimum Gasteiger partial charge on any atom is -0.453 e. The van der Waals surface area contributed by atoms with Crippen LogP contribution in [-0.2, 0) is 14.3 Å². The van der Waals surface area contributed by atoms with E-state index in [4.69, 9.17) is 9.47 Å². The molecule has 0 bridgehead atoms. The van der Waals surface area contributed by atoms with Crippen LogP contribution in [0.4, 0.5) is 0 Å². The lowest BCUT2D eigenvalue weighted by molar-refractivity contribution is -0.171. The van der Waals surface area contributed by atoms with E-state index in [9.17, 15) is 25.2 Å². The van der Waals surface area contributed by atoms with Crippen LogP contribution in [0.3, 0.4) is 0 Å². The van der Waals surface area contributed by atoms with Crippen LogP contribution in [0.5, 0.6) is 0 Å². The zero-order valence-electron chi connectivity index (χ0n) is 16.0. The lowest BCUT2D eigenvalue weighted by Gasteiger charge is -2.51. The molecule has 4 rings (SSSR count). The van der Waals surface area contributed by atoms with E-state index in [2.05, 4.69) is 0 Å².